The summed E-state index contributed by atoms with van der Waals surface area (Å²) in [7, 11) is 0. The molecule has 1 unspecified atom stereocenters. The van der Waals surface area contributed by atoms with Gasteiger partial charge in [0.2, 0.25) is 5.56 Å². The Balaban J connectivity index is 1.81. The predicted octanol–water partition coefficient (Wildman–Crippen LogP) is 2.26. The highest BCUT2D eigenvalue weighted by Crippen LogP contribution is 2.40. The van der Waals surface area contributed by atoms with E-state index < -0.39 is 0 Å². The van der Waals surface area contributed by atoms with Crippen LogP contribution in [0.15, 0.2) is 53.3 Å². The smallest absolute Gasteiger partial charge is 0.268 e. The SMILES string of the molecule is O=C(NC(c1ccccc1)C1CC1)c1cccc(=O)[nH]1. The van der Waals surface area contributed by atoms with Gasteiger partial charge in [0.1, 0.15) is 5.69 Å². The van der Waals surface area contributed by atoms with Crippen molar-refractivity contribution in [3.05, 3.63) is 70.1 Å². The van der Waals surface area contributed by atoms with E-state index in [9.17, 15) is 9.59 Å². The molecule has 3 rings (SSSR count). The minimum Gasteiger partial charge on any atom is -0.344 e. The molecule has 0 radical (unpaired) electrons. The second-order valence-corrected chi connectivity index (χ2v) is 5.13. The van der Waals surface area contributed by atoms with Crippen molar-refractivity contribution >= 4 is 5.91 Å². The summed E-state index contributed by atoms with van der Waals surface area (Å²) in [6.45, 7) is 0. The molecular formula is C16H16N2O2. The number of carbonyl (C=O) groups is 1. The largest absolute Gasteiger partial charge is 0.344 e. The fourth-order valence-electron chi connectivity index (χ4n) is 2.36. The predicted molar refractivity (Wildman–Crippen MR) is 76.4 cm³/mol. The molecule has 1 aromatic heterocycles. The third-order valence-electron chi connectivity index (χ3n) is 3.55. The molecule has 2 aromatic rings. The van der Waals surface area contributed by atoms with Gasteiger partial charge in [0, 0.05) is 6.07 Å². The maximum atomic E-state index is 12.2. The Morgan fingerprint density at radius 1 is 1.10 bits per heavy atom. The molecule has 0 aliphatic heterocycles. The van der Waals surface area contributed by atoms with Crippen LogP contribution in [0.3, 0.4) is 0 Å². The van der Waals surface area contributed by atoms with Gasteiger partial charge in [-0.2, -0.15) is 0 Å². The van der Waals surface area contributed by atoms with Crippen LogP contribution in [0.1, 0.15) is 34.9 Å². The van der Waals surface area contributed by atoms with Crippen molar-refractivity contribution in [1.29, 1.82) is 0 Å². The molecule has 1 atom stereocenters. The zero-order chi connectivity index (χ0) is 13.9. The molecule has 1 aromatic carbocycles. The highest BCUT2D eigenvalue weighted by molar-refractivity contribution is 5.92. The number of amides is 1. The van der Waals surface area contributed by atoms with Gasteiger partial charge in [0.25, 0.3) is 5.91 Å². The number of aromatic amines is 1. The molecule has 2 N–H and O–H groups in total. The van der Waals surface area contributed by atoms with Gasteiger partial charge in [-0.15, -0.1) is 0 Å². The van der Waals surface area contributed by atoms with E-state index in [0.29, 0.717) is 11.6 Å². The number of pyridine rings is 1. The standard InChI is InChI=1S/C16H16N2O2/c19-14-8-4-7-13(17-14)16(20)18-15(12-9-10-12)11-5-2-1-3-6-11/h1-8,12,15H,9-10H2,(H,17,19)(H,18,20). The van der Waals surface area contributed by atoms with Crippen molar-refractivity contribution in [3.63, 3.8) is 0 Å². The highest BCUT2D eigenvalue weighted by Gasteiger charge is 2.33. The van der Waals surface area contributed by atoms with Gasteiger partial charge in [0.05, 0.1) is 6.04 Å². The number of rotatable bonds is 4. The maximum Gasteiger partial charge on any atom is 0.268 e. The van der Waals surface area contributed by atoms with Gasteiger partial charge in [-0.25, -0.2) is 0 Å². The molecule has 4 heteroatoms. The Kier molecular flexibility index (Phi) is 3.37. The molecular weight excluding hydrogens is 252 g/mol. The number of hydrogen-bond acceptors (Lipinski definition) is 2. The van der Waals surface area contributed by atoms with Crippen LogP contribution >= 0.6 is 0 Å². The molecule has 0 saturated heterocycles. The number of aromatic nitrogens is 1. The topological polar surface area (TPSA) is 62.0 Å². The molecule has 1 heterocycles. The van der Waals surface area contributed by atoms with E-state index in [2.05, 4.69) is 10.3 Å². The third kappa shape index (κ3) is 2.79. The zero-order valence-corrected chi connectivity index (χ0v) is 11.0. The summed E-state index contributed by atoms with van der Waals surface area (Å²) in [5, 5.41) is 3.03. The molecule has 4 nitrogen and oxygen atoms in total. The lowest BCUT2D eigenvalue weighted by Crippen LogP contribution is -2.31. The van der Waals surface area contributed by atoms with E-state index in [-0.39, 0.29) is 17.5 Å². The van der Waals surface area contributed by atoms with Crippen LogP contribution in [0, 0.1) is 5.92 Å². The molecule has 20 heavy (non-hydrogen) atoms. The first kappa shape index (κ1) is 12.7. The monoisotopic (exact) mass is 268 g/mol. The summed E-state index contributed by atoms with van der Waals surface area (Å²) in [6, 6.07) is 14.6. The van der Waals surface area contributed by atoms with Crippen molar-refractivity contribution in [2.45, 2.75) is 18.9 Å². The van der Waals surface area contributed by atoms with Crippen molar-refractivity contribution in [2.24, 2.45) is 5.92 Å². The second-order valence-electron chi connectivity index (χ2n) is 5.13. The molecule has 1 aliphatic rings. The van der Waals surface area contributed by atoms with Gasteiger partial charge in [-0.3, -0.25) is 9.59 Å². The number of carbonyl (C=O) groups excluding carboxylic acids is 1. The zero-order valence-electron chi connectivity index (χ0n) is 11.0. The summed E-state index contributed by atoms with van der Waals surface area (Å²) in [5.41, 5.74) is 1.15. The highest BCUT2D eigenvalue weighted by atomic mass is 16.2. The normalized spacial score (nSPS) is 15.6. The first-order valence-electron chi connectivity index (χ1n) is 6.79. The average molecular weight is 268 g/mol. The molecule has 1 amide bonds. The van der Waals surface area contributed by atoms with Gasteiger partial charge in [0.15, 0.2) is 0 Å². The number of hydrogen-bond donors (Lipinski definition) is 2. The fraction of sp³-hybridized carbons (Fsp3) is 0.250. The quantitative estimate of drug-likeness (QED) is 0.893. The van der Waals surface area contributed by atoms with Crippen LogP contribution in [-0.4, -0.2) is 10.9 Å². The summed E-state index contributed by atoms with van der Waals surface area (Å²) in [6.07, 6.45) is 2.26. The second kappa shape index (κ2) is 5.33. The molecule has 0 spiro atoms. The Hall–Kier alpha value is -2.36. The van der Waals surface area contributed by atoms with Gasteiger partial charge in [-0.1, -0.05) is 36.4 Å². The van der Waals surface area contributed by atoms with E-state index in [0.717, 1.165) is 18.4 Å². The van der Waals surface area contributed by atoms with Crippen LogP contribution in [-0.2, 0) is 0 Å². The molecule has 102 valence electrons. The van der Waals surface area contributed by atoms with Crippen molar-refractivity contribution in [1.82, 2.24) is 10.3 Å². The Morgan fingerprint density at radius 2 is 1.85 bits per heavy atom. The summed E-state index contributed by atoms with van der Waals surface area (Å²) < 4.78 is 0. The summed E-state index contributed by atoms with van der Waals surface area (Å²) >= 11 is 0. The van der Waals surface area contributed by atoms with Gasteiger partial charge < -0.3 is 10.3 Å². The summed E-state index contributed by atoms with van der Waals surface area (Å²) in [5.74, 6) is 0.264. The number of nitrogens with one attached hydrogen (secondary N) is 2. The molecule has 0 bridgehead atoms. The first-order chi connectivity index (χ1) is 9.74. The number of H-pyrrole nitrogens is 1. The van der Waals surface area contributed by atoms with Crippen LogP contribution in [0.5, 0.6) is 0 Å². The lowest BCUT2D eigenvalue weighted by Gasteiger charge is -2.18. The molecule has 1 saturated carbocycles. The van der Waals surface area contributed by atoms with E-state index in [1.165, 1.54) is 6.07 Å². The van der Waals surface area contributed by atoms with E-state index in [1.807, 2.05) is 30.3 Å². The van der Waals surface area contributed by atoms with Crippen molar-refractivity contribution in [2.75, 3.05) is 0 Å². The summed E-state index contributed by atoms with van der Waals surface area (Å²) in [4.78, 5) is 26.0. The van der Waals surface area contributed by atoms with Crippen LogP contribution in [0.25, 0.3) is 0 Å². The molecule has 1 aliphatic carbocycles. The lowest BCUT2D eigenvalue weighted by molar-refractivity contribution is 0.0926. The third-order valence-corrected chi connectivity index (χ3v) is 3.55. The Bertz CT molecular complexity index is 659. The first-order valence-corrected chi connectivity index (χ1v) is 6.79. The van der Waals surface area contributed by atoms with E-state index in [4.69, 9.17) is 0 Å². The minimum absolute atomic E-state index is 0.0207. The van der Waals surface area contributed by atoms with Crippen LogP contribution in [0.2, 0.25) is 0 Å². The van der Waals surface area contributed by atoms with E-state index >= 15 is 0 Å². The fourth-order valence-corrected chi connectivity index (χ4v) is 2.36. The molecule has 1 fully saturated rings. The van der Waals surface area contributed by atoms with E-state index in [1.54, 1.807) is 12.1 Å². The minimum atomic E-state index is -0.264. The number of benzene rings is 1. The van der Waals surface area contributed by atoms with Gasteiger partial charge >= 0.3 is 0 Å². The Labute approximate surface area is 116 Å². The van der Waals surface area contributed by atoms with Crippen LogP contribution in [0.4, 0.5) is 0 Å². The van der Waals surface area contributed by atoms with Crippen molar-refractivity contribution in [3.8, 4) is 0 Å². The van der Waals surface area contributed by atoms with Crippen molar-refractivity contribution < 1.29 is 4.79 Å². The van der Waals surface area contributed by atoms with Crippen LogP contribution < -0.4 is 10.9 Å². The Morgan fingerprint density at radius 3 is 2.50 bits per heavy atom. The van der Waals surface area contributed by atoms with Gasteiger partial charge in [-0.05, 0) is 30.4 Å². The maximum absolute atomic E-state index is 12.2. The lowest BCUT2D eigenvalue weighted by atomic mass is 10.0. The average Bonchev–Trinajstić information content (AvgIpc) is 3.30.